The molecule has 0 aliphatic rings. The number of hydrogen-bond donors (Lipinski definition) is 3. The summed E-state index contributed by atoms with van der Waals surface area (Å²) in [5.41, 5.74) is 7.83. The minimum absolute atomic E-state index is 0.167. The lowest BCUT2D eigenvalue weighted by molar-refractivity contribution is 0.0933. The number of nitrogens with one attached hydrogen (secondary N) is 3. The predicted octanol–water partition coefficient (Wildman–Crippen LogP) is 5.33. The number of anilines is 1. The van der Waals surface area contributed by atoms with E-state index in [9.17, 15) is 9.59 Å². The fraction of sp³-hybridized carbons (Fsp3) is 0.0833. The second-order valence-corrected chi connectivity index (χ2v) is 9.12. The molecule has 35 heavy (non-hydrogen) atoms. The molecule has 0 aliphatic heterocycles. The Balaban J connectivity index is 1.59. The van der Waals surface area contributed by atoms with Gasteiger partial charge in [0.1, 0.15) is 10.3 Å². The molecular weight excluding hydrogens is 555 g/mol. The first-order valence-corrected chi connectivity index (χ1v) is 11.9. The summed E-state index contributed by atoms with van der Waals surface area (Å²) < 4.78 is 1.74. The van der Waals surface area contributed by atoms with Gasteiger partial charge in [0, 0.05) is 23.8 Å². The maximum absolute atomic E-state index is 13.3. The normalized spacial score (nSPS) is 10.7. The van der Waals surface area contributed by atoms with E-state index in [1.807, 2.05) is 30.3 Å². The lowest BCUT2D eigenvalue weighted by Gasteiger charge is -2.16. The molecule has 0 saturated heterocycles. The third-order valence-electron chi connectivity index (χ3n) is 4.97. The van der Waals surface area contributed by atoms with E-state index in [2.05, 4.69) is 42.2 Å². The van der Waals surface area contributed by atoms with E-state index in [4.69, 9.17) is 23.2 Å². The van der Waals surface area contributed by atoms with E-state index in [0.29, 0.717) is 38.3 Å². The van der Waals surface area contributed by atoms with Gasteiger partial charge < -0.3 is 5.32 Å². The Hall–Kier alpha value is -3.24. The molecule has 178 valence electrons. The molecule has 3 N–H and O–H groups in total. The Morgan fingerprint density at radius 2 is 1.80 bits per heavy atom. The molecule has 2 heterocycles. The van der Waals surface area contributed by atoms with Crippen LogP contribution in [-0.2, 0) is 6.54 Å². The lowest BCUT2D eigenvalue weighted by atomic mass is 10.1. The number of halogens is 3. The molecule has 0 unspecified atom stereocenters. The summed E-state index contributed by atoms with van der Waals surface area (Å²) in [6, 6.07) is 17.6. The monoisotopic (exact) mass is 572 g/mol. The van der Waals surface area contributed by atoms with Crippen LogP contribution in [0.15, 0.2) is 71.5 Å². The molecule has 4 aromatic rings. The number of amides is 2. The van der Waals surface area contributed by atoms with Gasteiger partial charge in [-0.2, -0.15) is 5.10 Å². The van der Waals surface area contributed by atoms with Crippen LogP contribution in [0.3, 0.4) is 0 Å². The fourth-order valence-electron chi connectivity index (χ4n) is 3.36. The summed E-state index contributed by atoms with van der Waals surface area (Å²) in [6.45, 7) is 2.17. The molecule has 0 radical (unpaired) electrons. The van der Waals surface area contributed by atoms with Crippen molar-refractivity contribution in [3.8, 4) is 5.82 Å². The number of carbonyl (C=O) groups excluding carboxylic acids is 2. The van der Waals surface area contributed by atoms with Gasteiger partial charge in [0.15, 0.2) is 5.82 Å². The van der Waals surface area contributed by atoms with E-state index < -0.39 is 11.8 Å². The summed E-state index contributed by atoms with van der Waals surface area (Å²) in [4.78, 5) is 30.5. The van der Waals surface area contributed by atoms with E-state index in [-0.39, 0.29) is 11.3 Å². The zero-order chi connectivity index (χ0) is 24.9. The highest BCUT2D eigenvalue weighted by Crippen LogP contribution is 2.27. The smallest absolute Gasteiger partial charge is 0.274 e. The number of aromatic nitrogens is 3. The number of aryl methyl sites for hydroxylation is 1. The second-order valence-electron chi connectivity index (χ2n) is 7.47. The van der Waals surface area contributed by atoms with Crippen LogP contribution in [0.2, 0.25) is 10.0 Å². The molecule has 0 spiro atoms. The molecule has 11 heteroatoms. The molecule has 0 atom stereocenters. The van der Waals surface area contributed by atoms with Crippen LogP contribution in [0.25, 0.3) is 5.82 Å². The van der Waals surface area contributed by atoms with Crippen LogP contribution < -0.4 is 16.2 Å². The second kappa shape index (κ2) is 11.0. The van der Waals surface area contributed by atoms with Gasteiger partial charge in [0.2, 0.25) is 0 Å². The molecule has 2 aromatic heterocycles. The van der Waals surface area contributed by atoms with Crippen molar-refractivity contribution in [2.75, 3.05) is 5.32 Å². The third-order valence-corrected chi connectivity index (χ3v) is 5.87. The zero-order valence-electron chi connectivity index (χ0n) is 18.3. The molecule has 0 aliphatic carbocycles. The SMILES string of the molecule is Cc1cc(Cl)cc(C(=O)NNCc2ccccc2)c1NC(=O)c1cc(Br)nn1-c1ncccc1Cl. The summed E-state index contributed by atoms with van der Waals surface area (Å²) in [5.74, 6) is -0.674. The summed E-state index contributed by atoms with van der Waals surface area (Å²) in [6.07, 6.45) is 1.55. The topological polar surface area (TPSA) is 101 Å². The Morgan fingerprint density at radius 3 is 2.54 bits per heavy atom. The summed E-state index contributed by atoms with van der Waals surface area (Å²) in [7, 11) is 0. The van der Waals surface area contributed by atoms with Crippen molar-refractivity contribution in [3.63, 3.8) is 0 Å². The minimum Gasteiger partial charge on any atom is -0.320 e. The van der Waals surface area contributed by atoms with E-state index in [1.54, 1.807) is 31.3 Å². The molecular formula is C24H19BrCl2N6O2. The number of hydrogen-bond acceptors (Lipinski definition) is 5. The number of pyridine rings is 1. The van der Waals surface area contributed by atoms with Crippen LogP contribution in [0.1, 0.15) is 32.0 Å². The maximum atomic E-state index is 13.3. The van der Waals surface area contributed by atoms with E-state index in [0.717, 1.165) is 5.56 Å². The first kappa shape index (κ1) is 24.9. The number of nitrogens with zero attached hydrogens (tertiary/aromatic N) is 3. The minimum atomic E-state index is -0.512. The maximum Gasteiger partial charge on any atom is 0.274 e. The lowest BCUT2D eigenvalue weighted by Crippen LogP contribution is -2.37. The number of carbonyl (C=O) groups is 2. The van der Waals surface area contributed by atoms with Gasteiger partial charge in [-0.05, 0) is 58.2 Å². The van der Waals surface area contributed by atoms with Crippen molar-refractivity contribution in [1.82, 2.24) is 25.6 Å². The number of hydrazine groups is 1. The van der Waals surface area contributed by atoms with E-state index in [1.165, 1.54) is 16.8 Å². The molecule has 2 aromatic carbocycles. The molecule has 8 nitrogen and oxygen atoms in total. The van der Waals surface area contributed by atoms with Crippen molar-refractivity contribution in [2.45, 2.75) is 13.5 Å². The van der Waals surface area contributed by atoms with E-state index >= 15 is 0 Å². The molecule has 0 fully saturated rings. The van der Waals surface area contributed by atoms with Crippen LogP contribution >= 0.6 is 39.1 Å². The van der Waals surface area contributed by atoms with Crippen LogP contribution in [0.4, 0.5) is 5.69 Å². The van der Waals surface area contributed by atoms with Crippen LogP contribution in [0.5, 0.6) is 0 Å². The van der Waals surface area contributed by atoms with Crippen molar-refractivity contribution in [3.05, 3.63) is 104 Å². The largest absolute Gasteiger partial charge is 0.320 e. The summed E-state index contributed by atoms with van der Waals surface area (Å²) >= 11 is 15.8. The molecule has 4 rings (SSSR count). The van der Waals surface area contributed by atoms with Gasteiger partial charge in [0.25, 0.3) is 11.8 Å². The average molecular weight is 574 g/mol. The highest BCUT2D eigenvalue weighted by Gasteiger charge is 2.22. The Morgan fingerprint density at radius 1 is 1.03 bits per heavy atom. The van der Waals surface area contributed by atoms with Gasteiger partial charge in [-0.15, -0.1) is 0 Å². The quantitative estimate of drug-likeness (QED) is 0.259. The van der Waals surface area contributed by atoms with Crippen LogP contribution in [-0.4, -0.2) is 26.6 Å². The Bertz CT molecular complexity index is 1390. The first-order valence-electron chi connectivity index (χ1n) is 10.4. The molecule has 2 amide bonds. The average Bonchev–Trinajstić information content (AvgIpc) is 3.23. The first-order chi connectivity index (χ1) is 16.8. The molecule has 0 saturated carbocycles. The standard InChI is InChI=1S/C24H19BrCl2N6O2/c1-14-10-16(26)11-17(23(34)31-29-13-15-6-3-2-4-7-15)21(14)30-24(35)19-12-20(25)32-33(19)22-18(27)8-5-9-28-22/h2-12,29H,13H2,1H3,(H,30,35)(H,31,34). The van der Waals surface area contributed by atoms with Gasteiger partial charge >= 0.3 is 0 Å². The summed E-state index contributed by atoms with van der Waals surface area (Å²) in [5, 5.41) is 7.78. The highest BCUT2D eigenvalue weighted by atomic mass is 79.9. The van der Waals surface area contributed by atoms with Gasteiger partial charge in [-0.25, -0.2) is 15.1 Å². The Kier molecular flexibility index (Phi) is 7.82. The third kappa shape index (κ3) is 5.88. The van der Waals surface area contributed by atoms with Crippen molar-refractivity contribution >= 4 is 56.6 Å². The fourth-order valence-corrected chi connectivity index (χ4v) is 4.21. The van der Waals surface area contributed by atoms with Crippen molar-refractivity contribution < 1.29 is 9.59 Å². The Labute approximate surface area is 219 Å². The zero-order valence-corrected chi connectivity index (χ0v) is 21.4. The van der Waals surface area contributed by atoms with Crippen LogP contribution in [0, 0.1) is 6.92 Å². The van der Waals surface area contributed by atoms with Gasteiger partial charge in [-0.3, -0.25) is 15.0 Å². The number of benzene rings is 2. The van der Waals surface area contributed by atoms with Crippen molar-refractivity contribution in [1.29, 1.82) is 0 Å². The highest BCUT2D eigenvalue weighted by molar-refractivity contribution is 9.10. The van der Waals surface area contributed by atoms with Gasteiger partial charge in [-0.1, -0.05) is 53.5 Å². The van der Waals surface area contributed by atoms with Crippen molar-refractivity contribution in [2.24, 2.45) is 0 Å². The predicted molar refractivity (Wildman–Crippen MR) is 139 cm³/mol. The van der Waals surface area contributed by atoms with Gasteiger partial charge in [0.05, 0.1) is 16.3 Å². The number of rotatable bonds is 7. The molecule has 0 bridgehead atoms.